The molecule has 3 rings (SSSR count). The fraction of sp³-hybridized carbons (Fsp3) is 0.370. The van der Waals surface area contributed by atoms with Crippen LogP contribution < -0.4 is 15.2 Å². The van der Waals surface area contributed by atoms with Crippen LogP contribution in [-0.4, -0.2) is 16.6 Å². The number of hydrogen-bond donors (Lipinski definition) is 1. The number of nitrogen functional groups attached to an aromatic ring is 1. The molecule has 1 heterocycles. The van der Waals surface area contributed by atoms with Gasteiger partial charge in [0.2, 0.25) is 0 Å². The van der Waals surface area contributed by atoms with Gasteiger partial charge in [-0.1, -0.05) is 63.1 Å². The Kier molecular flexibility index (Phi) is 9.23. The van der Waals surface area contributed by atoms with Crippen LogP contribution in [0.2, 0.25) is 0 Å². The van der Waals surface area contributed by atoms with Gasteiger partial charge in [-0.2, -0.15) is 5.26 Å². The third-order valence-electron chi connectivity index (χ3n) is 4.99. The largest absolute Gasteiger partial charge is 0.478 e. The fourth-order valence-corrected chi connectivity index (χ4v) is 3.25. The van der Waals surface area contributed by atoms with Crippen molar-refractivity contribution >= 4 is 5.82 Å². The zero-order valence-corrected chi connectivity index (χ0v) is 20.6. The Morgan fingerprint density at radius 2 is 1.42 bits per heavy atom. The monoisotopic (exact) mass is 446 g/mol. The summed E-state index contributed by atoms with van der Waals surface area (Å²) in [6.07, 6.45) is 1.61. The molecular weight excluding hydrogens is 412 g/mol. The lowest BCUT2D eigenvalue weighted by Gasteiger charge is -2.15. The molecule has 0 aliphatic rings. The second-order valence-corrected chi connectivity index (χ2v) is 8.61. The first-order valence-corrected chi connectivity index (χ1v) is 11.1. The fourth-order valence-electron chi connectivity index (χ4n) is 3.25. The third-order valence-corrected chi connectivity index (χ3v) is 4.99. The molecule has 0 bridgehead atoms. The van der Waals surface area contributed by atoms with Gasteiger partial charge in [-0.05, 0) is 55.9 Å². The van der Waals surface area contributed by atoms with Crippen LogP contribution >= 0.6 is 0 Å². The molecule has 6 nitrogen and oxygen atoms in total. The second-order valence-electron chi connectivity index (χ2n) is 8.61. The lowest BCUT2D eigenvalue weighted by Crippen LogP contribution is -2.01. The van der Waals surface area contributed by atoms with Crippen molar-refractivity contribution in [3.8, 4) is 23.3 Å². The number of nitriles is 1. The van der Waals surface area contributed by atoms with E-state index in [1.165, 1.54) is 16.7 Å². The number of benzene rings is 2. The van der Waals surface area contributed by atoms with Crippen LogP contribution in [0.5, 0.6) is 17.2 Å². The van der Waals surface area contributed by atoms with Crippen LogP contribution in [0.25, 0.3) is 0 Å². The molecular formula is C27H34N4O2. The van der Waals surface area contributed by atoms with Gasteiger partial charge in [-0.3, -0.25) is 0 Å². The molecule has 1 aromatic heterocycles. The van der Waals surface area contributed by atoms with Crippen molar-refractivity contribution < 1.29 is 9.47 Å². The highest BCUT2D eigenvalue weighted by atomic mass is 16.5. The second kappa shape index (κ2) is 11.9. The van der Waals surface area contributed by atoms with Crippen LogP contribution in [-0.2, 0) is 0 Å². The summed E-state index contributed by atoms with van der Waals surface area (Å²) in [4.78, 5) is 8.22. The van der Waals surface area contributed by atoms with E-state index in [9.17, 15) is 0 Å². The summed E-state index contributed by atoms with van der Waals surface area (Å²) in [6.45, 7) is 14.5. The summed E-state index contributed by atoms with van der Waals surface area (Å²) in [5.74, 6) is 3.93. The lowest BCUT2D eigenvalue weighted by atomic mass is 10.00. The minimum atomic E-state index is 0.114. The van der Waals surface area contributed by atoms with Gasteiger partial charge in [0.1, 0.15) is 23.4 Å². The molecule has 174 valence electrons. The minimum Gasteiger partial charge on any atom is -0.478 e. The first-order valence-electron chi connectivity index (χ1n) is 11.1. The van der Waals surface area contributed by atoms with Gasteiger partial charge in [0.25, 0.3) is 0 Å². The number of aromatic nitrogens is 2. The van der Waals surface area contributed by atoms with Crippen molar-refractivity contribution in [2.45, 2.75) is 60.3 Å². The summed E-state index contributed by atoms with van der Waals surface area (Å²) >= 11 is 0. The molecule has 0 aliphatic heterocycles. The first kappa shape index (κ1) is 25.7. The highest BCUT2D eigenvalue weighted by Crippen LogP contribution is 2.33. The summed E-state index contributed by atoms with van der Waals surface area (Å²) in [6, 6.07) is 14.1. The van der Waals surface area contributed by atoms with Crippen molar-refractivity contribution in [2.75, 3.05) is 12.3 Å². The molecule has 6 heteroatoms. The van der Waals surface area contributed by atoms with Crippen LogP contribution in [0.1, 0.15) is 67.6 Å². The molecule has 0 amide bonds. The molecule has 33 heavy (non-hydrogen) atoms. The van der Waals surface area contributed by atoms with E-state index >= 15 is 0 Å². The summed E-state index contributed by atoms with van der Waals surface area (Å²) in [5.41, 5.74) is 10.6. The summed E-state index contributed by atoms with van der Waals surface area (Å²) in [7, 11) is 0. The molecule has 0 radical (unpaired) electrons. The van der Waals surface area contributed by atoms with Gasteiger partial charge in [-0.25, -0.2) is 9.97 Å². The zero-order valence-electron chi connectivity index (χ0n) is 20.6. The maximum absolute atomic E-state index is 8.44. The van der Waals surface area contributed by atoms with Gasteiger partial charge < -0.3 is 15.2 Å². The number of aryl methyl sites for hydroxylation is 3. The smallest absolute Gasteiger partial charge is 0.187 e. The van der Waals surface area contributed by atoms with Gasteiger partial charge in [0.15, 0.2) is 18.2 Å². The third kappa shape index (κ3) is 7.50. The number of nitrogens with two attached hydrogens (primary N) is 1. The Balaban J connectivity index is 0.000000245. The number of hydrogen-bond acceptors (Lipinski definition) is 6. The van der Waals surface area contributed by atoms with Crippen molar-refractivity contribution in [1.29, 1.82) is 5.26 Å². The Hall–Kier alpha value is -3.59. The Morgan fingerprint density at radius 1 is 0.879 bits per heavy atom. The van der Waals surface area contributed by atoms with E-state index in [-0.39, 0.29) is 6.61 Å². The van der Waals surface area contributed by atoms with E-state index in [1.807, 2.05) is 30.3 Å². The SMILES string of the molecule is Cc1ccc(OCC#N)c(C(C)C)c1.Cc1ccc(Oc2cnc(C)nc2N)c(C(C)C)c1. The normalized spacial score (nSPS) is 10.4. The van der Waals surface area contributed by atoms with Crippen LogP contribution in [0.4, 0.5) is 5.82 Å². The Morgan fingerprint density at radius 3 is 1.94 bits per heavy atom. The number of rotatable bonds is 6. The zero-order chi connectivity index (χ0) is 24.5. The maximum atomic E-state index is 8.44. The molecule has 0 aliphatic carbocycles. The summed E-state index contributed by atoms with van der Waals surface area (Å²) in [5, 5.41) is 8.44. The van der Waals surface area contributed by atoms with E-state index in [1.54, 1.807) is 13.1 Å². The van der Waals surface area contributed by atoms with Gasteiger partial charge in [-0.15, -0.1) is 0 Å². The van der Waals surface area contributed by atoms with Crippen LogP contribution in [0.3, 0.4) is 0 Å². The topological polar surface area (TPSA) is 94.0 Å². The van der Waals surface area contributed by atoms with E-state index in [0.717, 1.165) is 17.1 Å². The molecule has 0 unspecified atom stereocenters. The highest BCUT2D eigenvalue weighted by Gasteiger charge is 2.12. The number of anilines is 1. The summed E-state index contributed by atoms with van der Waals surface area (Å²) < 4.78 is 11.2. The van der Waals surface area contributed by atoms with Crippen molar-refractivity contribution in [3.05, 3.63) is 70.7 Å². The van der Waals surface area contributed by atoms with E-state index < -0.39 is 0 Å². The van der Waals surface area contributed by atoms with Gasteiger partial charge >= 0.3 is 0 Å². The predicted molar refractivity (Wildman–Crippen MR) is 133 cm³/mol. The molecule has 0 atom stereocenters. The van der Waals surface area contributed by atoms with E-state index in [4.69, 9.17) is 20.5 Å². The van der Waals surface area contributed by atoms with Gasteiger partial charge in [0.05, 0.1) is 6.20 Å². The molecule has 0 saturated carbocycles. The number of ether oxygens (including phenoxy) is 2. The minimum absolute atomic E-state index is 0.114. The molecule has 3 aromatic rings. The van der Waals surface area contributed by atoms with Crippen molar-refractivity contribution in [1.82, 2.24) is 9.97 Å². The lowest BCUT2D eigenvalue weighted by molar-refractivity contribution is 0.362. The molecule has 0 saturated heterocycles. The van der Waals surface area contributed by atoms with Crippen LogP contribution in [0, 0.1) is 32.1 Å². The molecule has 2 N–H and O–H groups in total. The molecule has 0 spiro atoms. The standard InChI is InChI=1S/C15H19N3O.C12H15NO/c1-9(2)12-7-10(3)5-6-13(12)19-14-8-17-11(4)18-15(14)16;1-9(2)11-8-10(3)4-5-12(11)14-7-6-13/h5-9H,1-4H3,(H2,16,17,18);4-5,8-9H,7H2,1-3H3. The Labute approximate surface area is 197 Å². The highest BCUT2D eigenvalue weighted by molar-refractivity contribution is 5.49. The molecule has 2 aromatic carbocycles. The average Bonchev–Trinajstić information content (AvgIpc) is 2.76. The maximum Gasteiger partial charge on any atom is 0.187 e. The first-order chi connectivity index (χ1) is 15.6. The van der Waals surface area contributed by atoms with Crippen LogP contribution in [0.15, 0.2) is 42.6 Å². The van der Waals surface area contributed by atoms with Crippen molar-refractivity contribution in [2.24, 2.45) is 0 Å². The van der Waals surface area contributed by atoms with E-state index in [2.05, 4.69) is 63.6 Å². The Bertz CT molecular complexity index is 1120. The van der Waals surface area contributed by atoms with Gasteiger partial charge in [0, 0.05) is 0 Å². The predicted octanol–water partition coefficient (Wildman–Crippen LogP) is 6.61. The number of nitrogens with zero attached hydrogens (tertiary/aromatic N) is 3. The van der Waals surface area contributed by atoms with Crippen molar-refractivity contribution in [3.63, 3.8) is 0 Å². The average molecular weight is 447 g/mol. The van der Waals surface area contributed by atoms with E-state index in [0.29, 0.717) is 29.2 Å². The quantitative estimate of drug-likeness (QED) is 0.458. The molecule has 0 fully saturated rings.